The van der Waals surface area contributed by atoms with Crippen LogP contribution in [0, 0.1) is 0 Å². The van der Waals surface area contributed by atoms with Crippen LogP contribution in [0.3, 0.4) is 0 Å². The number of ether oxygens (including phenoxy) is 1. The Balaban J connectivity index is 1.62. The van der Waals surface area contributed by atoms with Crippen molar-refractivity contribution in [2.24, 2.45) is 0 Å². The Morgan fingerprint density at radius 3 is 2.59 bits per heavy atom. The van der Waals surface area contributed by atoms with Gasteiger partial charge in [0.15, 0.2) is 5.69 Å². The Labute approximate surface area is 180 Å². The second kappa shape index (κ2) is 8.96. The molecule has 3 aromatic rings. The SMILES string of the molecule is COC(=O)c1n[nH]c2ccc(NC(=O)CCNS(=O)(=O)c3cccc(C(F)(F)F)c3)cc12. The summed E-state index contributed by atoms with van der Waals surface area (Å²) in [7, 11) is -3.04. The predicted octanol–water partition coefficient (Wildman–Crippen LogP) is 2.68. The molecule has 1 heterocycles. The van der Waals surface area contributed by atoms with Gasteiger partial charge in [-0.25, -0.2) is 17.9 Å². The third kappa shape index (κ3) is 5.23. The zero-order valence-corrected chi connectivity index (χ0v) is 17.3. The molecule has 0 saturated carbocycles. The number of aromatic nitrogens is 2. The molecule has 0 aliphatic rings. The van der Waals surface area contributed by atoms with E-state index in [9.17, 15) is 31.2 Å². The molecule has 170 valence electrons. The number of fused-ring (bicyclic) bond motifs is 1. The molecule has 3 N–H and O–H groups in total. The monoisotopic (exact) mass is 470 g/mol. The molecule has 2 aromatic carbocycles. The first-order valence-electron chi connectivity index (χ1n) is 9.04. The lowest BCUT2D eigenvalue weighted by Gasteiger charge is -2.10. The number of hydrogen-bond donors (Lipinski definition) is 3. The predicted molar refractivity (Wildman–Crippen MR) is 107 cm³/mol. The minimum absolute atomic E-state index is 0.0347. The molecule has 1 aromatic heterocycles. The Morgan fingerprint density at radius 2 is 1.91 bits per heavy atom. The molecule has 0 spiro atoms. The van der Waals surface area contributed by atoms with E-state index >= 15 is 0 Å². The number of rotatable bonds is 7. The Hall–Kier alpha value is -3.45. The maximum absolute atomic E-state index is 12.8. The van der Waals surface area contributed by atoms with Crippen molar-refractivity contribution < 1.29 is 35.9 Å². The van der Waals surface area contributed by atoms with Crippen molar-refractivity contribution in [2.45, 2.75) is 17.5 Å². The number of amides is 1. The molecule has 0 fully saturated rings. The van der Waals surface area contributed by atoms with Gasteiger partial charge in [0.2, 0.25) is 15.9 Å². The largest absolute Gasteiger partial charge is 0.464 e. The second-order valence-electron chi connectivity index (χ2n) is 6.55. The van der Waals surface area contributed by atoms with E-state index in [-0.39, 0.29) is 18.7 Å². The van der Waals surface area contributed by atoms with Crippen LogP contribution in [0.5, 0.6) is 0 Å². The molecule has 9 nitrogen and oxygen atoms in total. The van der Waals surface area contributed by atoms with Crippen molar-refractivity contribution in [3.63, 3.8) is 0 Å². The molecular weight excluding hydrogens is 453 g/mol. The number of alkyl halides is 3. The number of aromatic amines is 1. The number of sulfonamides is 1. The van der Waals surface area contributed by atoms with Crippen molar-refractivity contribution in [3.8, 4) is 0 Å². The molecule has 1 amide bonds. The average molecular weight is 470 g/mol. The van der Waals surface area contributed by atoms with Gasteiger partial charge in [0.1, 0.15) is 0 Å². The van der Waals surface area contributed by atoms with Crippen LogP contribution in [-0.4, -0.2) is 44.1 Å². The number of benzene rings is 2. The van der Waals surface area contributed by atoms with Crippen molar-refractivity contribution in [1.29, 1.82) is 0 Å². The molecule has 0 atom stereocenters. The molecule has 13 heteroatoms. The number of carbonyl (C=O) groups is 2. The van der Waals surface area contributed by atoms with Crippen molar-refractivity contribution in [3.05, 3.63) is 53.7 Å². The number of H-pyrrole nitrogens is 1. The average Bonchev–Trinajstić information content (AvgIpc) is 3.16. The van der Waals surface area contributed by atoms with Crippen LogP contribution in [0.15, 0.2) is 47.4 Å². The Morgan fingerprint density at radius 1 is 1.16 bits per heavy atom. The lowest BCUT2D eigenvalue weighted by Crippen LogP contribution is -2.28. The summed E-state index contributed by atoms with van der Waals surface area (Å²) >= 11 is 0. The van der Waals surface area contributed by atoms with E-state index in [1.54, 1.807) is 12.1 Å². The summed E-state index contributed by atoms with van der Waals surface area (Å²) in [6.45, 7) is -0.341. The van der Waals surface area contributed by atoms with Gasteiger partial charge < -0.3 is 10.1 Å². The van der Waals surface area contributed by atoms with Crippen molar-refractivity contribution in [1.82, 2.24) is 14.9 Å². The number of carbonyl (C=O) groups excluding carboxylic acids is 2. The zero-order chi connectivity index (χ0) is 23.5. The summed E-state index contributed by atoms with van der Waals surface area (Å²) in [6, 6.07) is 7.91. The quantitative estimate of drug-likeness (QED) is 0.455. The van der Waals surface area contributed by atoms with Crippen LogP contribution in [0.2, 0.25) is 0 Å². The standard InChI is InChI=1S/C19H17F3N4O5S/c1-31-18(28)17-14-10-12(5-6-15(14)25-26-17)24-16(27)7-8-23-32(29,30)13-4-2-3-11(9-13)19(20,21)22/h2-6,9-10,23H,7-8H2,1H3,(H,24,27)(H,25,26). The molecular formula is C19H17F3N4O5S. The van der Waals surface area contributed by atoms with Crippen molar-refractivity contribution >= 4 is 38.5 Å². The maximum atomic E-state index is 12.8. The number of nitrogens with zero attached hydrogens (tertiary/aromatic N) is 1. The van der Waals surface area contributed by atoms with Crippen LogP contribution in [0.4, 0.5) is 18.9 Å². The van der Waals surface area contributed by atoms with E-state index in [1.165, 1.54) is 13.2 Å². The van der Waals surface area contributed by atoms with Gasteiger partial charge in [-0.05, 0) is 36.4 Å². The summed E-state index contributed by atoms with van der Waals surface area (Å²) in [5.41, 5.74) is -0.196. The molecule has 0 saturated heterocycles. The summed E-state index contributed by atoms with van der Waals surface area (Å²) in [4.78, 5) is 23.3. The van der Waals surface area contributed by atoms with E-state index < -0.39 is 38.5 Å². The Bertz CT molecular complexity index is 1270. The summed E-state index contributed by atoms with van der Waals surface area (Å²) in [6.07, 6.45) is -4.97. The molecule has 3 rings (SSSR count). The minimum atomic E-state index is -4.69. The molecule has 0 aliphatic heterocycles. The van der Waals surface area contributed by atoms with Crippen molar-refractivity contribution in [2.75, 3.05) is 19.0 Å². The van der Waals surface area contributed by atoms with Crippen LogP contribution >= 0.6 is 0 Å². The number of hydrogen-bond acceptors (Lipinski definition) is 6. The molecule has 0 radical (unpaired) electrons. The van der Waals surface area contributed by atoms with Crippen LogP contribution in [0.1, 0.15) is 22.5 Å². The number of anilines is 1. The number of esters is 1. The summed E-state index contributed by atoms with van der Waals surface area (Å²) in [5, 5.41) is 9.47. The molecule has 0 aliphatic carbocycles. The van der Waals surface area contributed by atoms with Crippen LogP contribution in [0.25, 0.3) is 10.9 Å². The van der Waals surface area contributed by atoms with E-state index in [4.69, 9.17) is 0 Å². The lowest BCUT2D eigenvalue weighted by atomic mass is 10.2. The van der Waals surface area contributed by atoms with E-state index in [2.05, 4.69) is 25.0 Å². The van der Waals surface area contributed by atoms with Gasteiger partial charge in [-0.3, -0.25) is 9.89 Å². The molecule has 0 unspecified atom stereocenters. The highest BCUT2D eigenvalue weighted by Crippen LogP contribution is 2.30. The third-order valence-electron chi connectivity index (χ3n) is 4.34. The first-order chi connectivity index (χ1) is 15.0. The summed E-state index contributed by atoms with van der Waals surface area (Å²) < 4.78 is 69.6. The highest BCUT2D eigenvalue weighted by atomic mass is 32.2. The first-order valence-corrected chi connectivity index (χ1v) is 10.5. The molecule has 32 heavy (non-hydrogen) atoms. The number of methoxy groups -OCH3 is 1. The highest BCUT2D eigenvalue weighted by Gasteiger charge is 2.31. The van der Waals surface area contributed by atoms with E-state index in [0.29, 0.717) is 22.7 Å². The van der Waals surface area contributed by atoms with E-state index in [0.717, 1.165) is 18.2 Å². The fourth-order valence-corrected chi connectivity index (χ4v) is 3.87. The first kappa shape index (κ1) is 23.2. The van der Waals surface area contributed by atoms with Gasteiger partial charge in [0.25, 0.3) is 0 Å². The topological polar surface area (TPSA) is 130 Å². The number of nitrogens with one attached hydrogen (secondary N) is 3. The van der Waals surface area contributed by atoms with Crippen LogP contribution in [-0.2, 0) is 25.7 Å². The Kier molecular flexibility index (Phi) is 6.50. The summed E-state index contributed by atoms with van der Waals surface area (Å²) in [5.74, 6) is -1.22. The van der Waals surface area contributed by atoms with Gasteiger partial charge >= 0.3 is 12.1 Å². The van der Waals surface area contributed by atoms with Gasteiger partial charge in [0, 0.05) is 24.0 Å². The lowest BCUT2D eigenvalue weighted by molar-refractivity contribution is -0.137. The normalized spacial score (nSPS) is 12.0. The van der Waals surface area contributed by atoms with Gasteiger partial charge in [-0.2, -0.15) is 18.3 Å². The van der Waals surface area contributed by atoms with Gasteiger partial charge in [0.05, 0.1) is 23.1 Å². The third-order valence-corrected chi connectivity index (χ3v) is 5.80. The van der Waals surface area contributed by atoms with Gasteiger partial charge in [-0.15, -0.1) is 0 Å². The fraction of sp³-hybridized carbons (Fsp3) is 0.211. The molecule has 0 bridgehead atoms. The van der Waals surface area contributed by atoms with Crippen LogP contribution < -0.4 is 10.0 Å². The second-order valence-corrected chi connectivity index (χ2v) is 8.31. The smallest absolute Gasteiger partial charge is 0.416 e. The highest BCUT2D eigenvalue weighted by molar-refractivity contribution is 7.89. The minimum Gasteiger partial charge on any atom is -0.464 e. The van der Waals surface area contributed by atoms with Gasteiger partial charge in [-0.1, -0.05) is 6.07 Å². The van der Waals surface area contributed by atoms with E-state index in [1.807, 2.05) is 0 Å². The maximum Gasteiger partial charge on any atom is 0.416 e. The fourth-order valence-electron chi connectivity index (χ4n) is 2.79. The number of halogens is 3. The zero-order valence-electron chi connectivity index (χ0n) is 16.5.